The molecule has 3 rings (SSSR count). The number of nitrogens with zero attached hydrogens (tertiary/aromatic N) is 6. The quantitative estimate of drug-likeness (QED) is 0.934. The first kappa shape index (κ1) is 14.2. The van der Waals surface area contributed by atoms with E-state index in [2.05, 4.69) is 37.3 Å². The lowest BCUT2D eigenvalue weighted by Gasteiger charge is -2.29. The van der Waals surface area contributed by atoms with Crippen molar-refractivity contribution in [3.63, 3.8) is 0 Å². The summed E-state index contributed by atoms with van der Waals surface area (Å²) in [4.78, 5) is 16.5. The number of anilines is 1. The van der Waals surface area contributed by atoms with Crippen molar-refractivity contribution in [3.05, 3.63) is 17.9 Å². The van der Waals surface area contributed by atoms with Gasteiger partial charge in [-0.25, -0.2) is 4.98 Å². The summed E-state index contributed by atoms with van der Waals surface area (Å²) < 4.78 is 1.47. The summed E-state index contributed by atoms with van der Waals surface area (Å²) in [6.07, 6.45) is 9.03. The minimum absolute atomic E-state index is 0.154. The number of nitrogens with one attached hydrogen (secondary N) is 1. The topological polar surface area (TPSA) is 81.4 Å². The molecule has 2 unspecified atom stereocenters. The average Bonchev–Trinajstić information content (AvgIpc) is 3.01. The van der Waals surface area contributed by atoms with E-state index >= 15 is 0 Å². The van der Waals surface area contributed by atoms with Crippen LogP contribution in [0.1, 0.15) is 39.0 Å². The molecule has 2 aromatic rings. The molecule has 0 saturated heterocycles. The molecule has 0 aliphatic heterocycles. The Hall–Kier alpha value is -1.76. The summed E-state index contributed by atoms with van der Waals surface area (Å²) in [5.41, 5.74) is 0. The van der Waals surface area contributed by atoms with Crippen LogP contribution in [0, 0.1) is 5.92 Å². The van der Waals surface area contributed by atoms with Crippen LogP contribution in [-0.4, -0.2) is 35.8 Å². The van der Waals surface area contributed by atoms with Gasteiger partial charge >= 0.3 is 0 Å². The second-order valence-electron chi connectivity index (χ2n) is 5.35. The summed E-state index contributed by atoms with van der Waals surface area (Å²) in [6, 6.07) is 0.394. The molecular formula is C13H18ClN7. The minimum Gasteiger partial charge on any atom is -0.351 e. The molecule has 1 aliphatic carbocycles. The fourth-order valence-corrected chi connectivity index (χ4v) is 2.95. The fraction of sp³-hybridized carbons (Fsp3) is 0.615. The molecule has 0 spiro atoms. The molecule has 1 fully saturated rings. The molecule has 0 amide bonds. The highest BCUT2D eigenvalue weighted by Crippen LogP contribution is 2.28. The standard InChI is InChI=1S/C13H18ClN7/c1-2-9-4-3-5-10(6-9)17-12-18-11(14)19-13(20-12)21-8-15-7-16-21/h7-10H,2-6H2,1H3,(H,17,18,19,20). The van der Waals surface area contributed by atoms with Gasteiger partial charge in [0.1, 0.15) is 12.7 Å². The first-order valence-electron chi connectivity index (χ1n) is 7.27. The Morgan fingerprint density at radius 3 is 3.00 bits per heavy atom. The summed E-state index contributed by atoms with van der Waals surface area (Å²) in [5, 5.41) is 7.54. The Bertz CT molecular complexity index is 586. The zero-order valence-electron chi connectivity index (χ0n) is 11.9. The maximum Gasteiger partial charge on any atom is 0.258 e. The van der Waals surface area contributed by atoms with Crippen LogP contribution in [0.2, 0.25) is 5.28 Å². The van der Waals surface area contributed by atoms with Gasteiger partial charge < -0.3 is 5.32 Å². The molecule has 2 aromatic heterocycles. The predicted octanol–water partition coefficient (Wildman–Crippen LogP) is 2.49. The maximum atomic E-state index is 5.98. The fourth-order valence-electron chi connectivity index (χ4n) is 2.79. The van der Waals surface area contributed by atoms with Crippen LogP contribution in [-0.2, 0) is 0 Å². The molecule has 8 heteroatoms. The minimum atomic E-state index is 0.154. The average molecular weight is 308 g/mol. The Morgan fingerprint density at radius 1 is 1.33 bits per heavy atom. The summed E-state index contributed by atoms with van der Waals surface area (Å²) in [7, 11) is 0. The van der Waals surface area contributed by atoms with Crippen LogP contribution in [0.15, 0.2) is 12.7 Å². The first-order valence-corrected chi connectivity index (χ1v) is 7.65. The summed E-state index contributed by atoms with van der Waals surface area (Å²) >= 11 is 5.98. The predicted molar refractivity (Wildman–Crippen MR) is 79.4 cm³/mol. The Kier molecular flexibility index (Phi) is 4.28. The first-order chi connectivity index (χ1) is 10.2. The van der Waals surface area contributed by atoms with E-state index in [9.17, 15) is 0 Å². The molecule has 7 nitrogen and oxygen atoms in total. The number of rotatable bonds is 4. The summed E-state index contributed by atoms with van der Waals surface area (Å²) in [6.45, 7) is 2.25. The van der Waals surface area contributed by atoms with E-state index in [0.717, 1.165) is 18.8 Å². The van der Waals surface area contributed by atoms with Gasteiger partial charge in [-0.15, -0.1) is 0 Å². The van der Waals surface area contributed by atoms with Crippen LogP contribution in [0.3, 0.4) is 0 Å². The van der Waals surface area contributed by atoms with Gasteiger partial charge in [-0.05, 0) is 30.4 Å². The molecule has 1 saturated carbocycles. The highest BCUT2D eigenvalue weighted by molar-refractivity contribution is 6.28. The van der Waals surface area contributed by atoms with Crippen molar-refractivity contribution in [1.82, 2.24) is 29.7 Å². The smallest absolute Gasteiger partial charge is 0.258 e. The van der Waals surface area contributed by atoms with Crippen LogP contribution >= 0.6 is 11.6 Å². The van der Waals surface area contributed by atoms with Crippen molar-refractivity contribution < 1.29 is 0 Å². The van der Waals surface area contributed by atoms with Gasteiger partial charge in [-0.1, -0.05) is 26.2 Å². The second-order valence-corrected chi connectivity index (χ2v) is 5.69. The normalized spacial score (nSPS) is 22.2. The van der Waals surface area contributed by atoms with Crippen LogP contribution in [0.4, 0.5) is 5.95 Å². The lowest BCUT2D eigenvalue weighted by molar-refractivity contribution is 0.326. The van der Waals surface area contributed by atoms with Crippen molar-refractivity contribution in [2.75, 3.05) is 5.32 Å². The molecule has 21 heavy (non-hydrogen) atoms. The van der Waals surface area contributed by atoms with Crippen LogP contribution in [0.25, 0.3) is 5.95 Å². The zero-order valence-corrected chi connectivity index (χ0v) is 12.7. The van der Waals surface area contributed by atoms with E-state index in [1.54, 1.807) is 0 Å². The van der Waals surface area contributed by atoms with Gasteiger partial charge in [0.2, 0.25) is 11.2 Å². The van der Waals surface area contributed by atoms with Crippen molar-refractivity contribution in [3.8, 4) is 5.95 Å². The van der Waals surface area contributed by atoms with E-state index < -0.39 is 0 Å². The van der Waals surface area contributed by atoms with E-state index in [0.29, 0.717) is 17.9 Å². The molecule has 0 bridgehead atoms. The van der Waals surface area contributed by atoms with Crippen molar-refractivity contribution in [1.29, 1.82) is 0 Å². The Morgan fingerprint density at radius 2 is 2.24 bits per heavy atom. The molecule has 112 valence electrons. The number of hydrogen-bond acceptors (Lipinski definition) is 6. The Labute approximate surface area is 128 Å². The van der Waals surface area contributed by atoms with E-state index in [1.165, 1.54) is 36.6 Å². The van der Waals surface area contributed by atoms with E-state index in [4.69, 9.17) is 11.6 Å². The van der Waals surface area contributed by atoms with Crippen molar-refractivity contribution in [2.45, 2.75) is 45.1 Å². The number of hydrogen-bond donors (Lipinski definition) is 1. The maximum absolute atomic E-state index is 5.98. The second kappa shape index (κ2) is 6.34. The third-order valence-electron chi connectivity index (χ3n) is 3.91. The highest BCUT2D eigenvalue weighted by Gasteiger charge is 2.21. The largest absolute Gasteiger partial charge is 0.351 e. The molecule has 0 radical (unpaired) electrons. The third-order valence-corrected chi connectivity index (χ3v) is 4.08. The molecule has 1 aliphatic rings. The molecule has 2 heterocycles. The molecule has 0 aromatic carbocycles. The van der Waals surface area contributed by atoms with E-state index in [-0.39, 0.29) is 5.28 Å². The van der Waals surface area contributed by atoms with Crippen molar-refractivity contribution >= 4 is 17.5 Å². The van der Waals surface area contributed by atoms with Gasteiger partial charge in [0.15, 0.2) is 0 Å². The Balaban J connectivity index is 1.76. The SMILES string of the molecule is CCC1CCCC(Nc2nc(Cl)nc(-n3cncn3)n2)C1. The molecule has 2 atom stereocenters. The number of halogens is 1. The number of aromatic nitrogens is 6. The lowest BCUT2D eigenvalue weighted by atomic mass is 9.84. The lowest BCUT2D eigenvalue weighted by Crippen LogP contribution is -2.28. The van der Waals surface area contributed by atoms with Gasteiger partial charge in [-0.2, -0.15) is 24.7 Å². The van der Waals surface area contributed by atoms with Crippen molar-refractivity contribution in [2.24, 2.45) is 5.92 Å². The molecular weight excluding hydrogens is 290 g/mol. The highest BCUT2D eigenvalue weighted by atomic mass is 35.5. The summed E-state index contributed by atoms with van der Waals surface area (Å²) in [5.74, 6) is 1.66. The van der Waals surface area contributed by atoms with Gasteiger partial charge in [-0.3, -0.25) is 0 Å². The van der Waals surface area contributed by atoms with Gasteiger partial charge in [0.05, 0.1) is 0 Å². The third kappa shape index (κ3) is 3.47. The monoisotopic (exact) mass is 307 g/mol. The van der Waals surface area contributed by atoms with E-state index in [1.807, 2.05) is 0 Å². The van der Waals surface area contributed by atoms with Crippen LogP contribution < -0.4 is 5.32 Å². The van der Waals surface area contributed by atoms with Gasteiger partial charge in [0.25, 0.3) is 5.95 Å². The molecule has 1 N–H and O–H groups in total. The zero-order chi connectivity index (χ0) is 14.7. The van der Waals surface area contributed by atoms with Gasteiger partial charge in [0, 0.05) is 6.04 Å². The van der Waals surface area contributed by atoms with Crippen LogP contribution in [0.5, 0.6) is 0 Å².